The van der Waals surface area contributed by atoms with Crippen molar-refractivity contribution in [2.24, 2.45) is 0 Å². The van der Waals surface area contributed by atoms with Crippen molar-refractivity contribution in [3.8, 4) is 0 Å². The zero-order chi connectivity index (χ0) is 49.9. The molecule has 3 atom stereocenters. The van der Waals surface area contributed by atoms with Gasteiger partial charge in [-0.05, 0) is 103 Å². The van der Waals surface area contributed by atoms with Gasteiger partial charge in [-0.2, -0.15) is 0 Å². The van der Waals surface area contributed by atoms with Crippen molar-refractivity contribution < 1.29 is 52.2 Å². The highest BCUT2D eigenvalue weighted by atomic mass is 31.2. The van der Waals surface area contributed by atoms with Gasteiger partial charge in [0.1, 0.15) is 12.7 Å². The molecule has 0 aliphatic carbocycles. The number of unbranched alkanes of at least 4 members (excludes halogenated alkanes) is 23. The summed E-state index contributed by atoms with van der Waals surface area (Å²) in [6, 6.07) is 0. The number of allylic oxidation sites excluding steroid dienone is 10. The van der Waals surface area contributed by atoms with Crippen LogP contribution in [0.3, 0.4) is 0 Å². The Labute approximate surface area is 415 Å². The summed E-state index contributed by atoms with van der Waals surface area (Å²) in [7, 11) is -4.75. The summed E-state index contributed by atoms with van der Waals surface area (Å²) in [4.78, 5) is 48.4. The molecule has 11 nitrogen and oxygen atoms in total. The maximum Gasteiger partial charge on any atom is 0.472 e. The van der Waals surface area contributed by atoms with Crippen LogP contribution >= 0.6 is 7.82 Å². The Hall–Kier alpha value is -2.82. The lowest BCUT2D eigenvalue weighted by molar-refractivity contribution is -0.161. The quantitative estimate of drug-likeness (QED) is 0.0197. The van der Waals surface area contributed by atoms with E-state index < -0.39 is 57.8 Å². The van der Waals surface area contributed by atoms with Crippen molar-refractivity contribution in [1.29, 1.82) is 0 Å². The Morgan fingerprint density at radius 3 is 1.22 bits per heavy atom. The van der Waals surface area contributed by atoms with Gasteiger partial charge in [0.25, 0.3) is 0 Å². The molecule has 3 unspecified atom stereocenters. The number of aliphatic hydroxyl groups excluding tert-OH is 1. The topological polar surface area (TPSA) is 155 Å². The van der Waals surface area contributed by atoms with Crippen LogP contribution < -0.4 is 0 Å². The minimum Gasteiger partial charge on any atom is -0.462 e. The van der Waals surface area contributed by atoms with Crippen LogP contribution in [0.2, 0.25) is 0 Å². The zero-order valence-corrected chi connectivity index (χ0v) is 44.2. The second-order valence-corrected chi connectivity index (χ2v) is 19.5. The summed E-state index contributed by atoms with van der Waals surface area (Å²) in [6.07, 6.45) is 53.3. The lowest BCUT2D eigenvalue weighted by Gasteiger charge is -2.21. The van der Waals surface area contributed by atoms with E-state index in [0.717, 1.165) is 116 Å². The third kappa shape index (κ3) is 48.2. The molecule has 0 rings (SSSR count). The molecular weight excluding hydrogens is 880 g/mol. The van der Waals surface area contributed by atoms with E-state index in [0.29, 0.717) is 19.3 Å². The van der Waals surface area contributed by atoms with Crippen LogP contribution in [0.5, 0.6) is 0 Å². The van der Waals surface area contributed by atoms with Crippen LogP contribution in [0.25, 0.3) is 0 Å². The molecule has 0 aromatic rings. The average molecular weight is 979 g/mol. The van der Waals surface area contributed by atoms with E-state index in [1.807, 2.05) is 0 Å². The maximum atomic E-state index is 12.9. The molecule has 0 spiro atoms. The molecule has 0 radical (unpaired) electrons. The Kier molecular flexibility index (Phi) is 48.5. The molecule has 68 heavy (non-hydrogen) atoms. The first kappa shape index (κ1) is 65.2. The predicted molar refractivity (Wildman–Crippen MR) is 279 cm³/mol. The van der Waals surface area contributed by atoms with Crippen LogP contribution in [0.1, 0.15) is 239 Å². The van der Waals surface area contributed by atoms with Gasteiger partial charge in [0.05, 0.1) is 19.8 Å². The number of phosphoric ester groups is 1. The minimum absolute atomic E-state index is 0.140. The molecule has 0 fully saturated rings. The Morgan fingerprint density at radius 1 is 0.426 bits per heavy atom. The monoisotopic (exact) mass is 979 g/mol. The van der Waals surface area contributed by atoms with E-state index in [4.69, 9.17) is 23.3 Å². The van der Waals surface area contributed by atoms with Crippen LogP contribution in [-0.2, 0) is 42.2 Å². The van der Waals surface area contributed by atoms with Gasteiger partial charge in [-0.1, -0.05) is 178 Å². The van der Waals surface area contributed by atoms with Gasteiger partial charge < -0.3 is 24.2 Å². The molecule has 2 N–H and O–H groups in total. The van der Waals surface area contributed by atoms with E-state index in [9.17, 15) is 28.9 Å². The van der Waals surface area contributed by atoms with Gasteiger partial charge in [0.15, 0.2) is 6.10 Å². The van der Waals surface area contributed by atoms with Gasteiger partial charge in [0, 0.05) is 19.3 Å². The van der Waals surface area contributed by atoms with E-state index in [2.05, 4.69) is 81.5 Å². The van der Waals surface area contributed by atoms with Crippen molar-refractivity contribution in [2.45, 2.75) is 251 Å². The fourth-order valence-corrected chi connectivity index (χ4v) is 8.03. The number of hydrogen-bond donors (Lipinski definition) is 2. The molecule has 0 aromatic heterocycles. The Morgan fingerprint density at radius 2 is 0.765 bits per heavy atom. The van der Waals surface area contributed by atoms with Crippen LogP contribution in [0.4, 0.5) is 0 Å². The molecule has 12 heteroatoms. The summed E-state index contributed by atoms with van der Waals surface area (Å²) in [6.45, 7) is 4.45. The fraction of sp³-hybridized carbons (Fsp3) is 0.768. The highest BCUT2D eigenvalue weighted by molar-refractivity contribution is 7.47. The first-order valence-electron chi connectivity index (χ1n) is 27.2. The molecule has 0 saturated carbocycles. The zero-order valence-electron chi connectivity index (χ0n) is 43.3. The van der Waals surface area contributed by atoms with Crippen LogP contribution in [-0.4, -0.2) is 66.5 Å². The molecular formula is C56H99O11P. The second kappa shape index (κ2) is 50.6. The molecule has 0 aromatic carbocycles. The summed E-state index contributed by atoms with van der Waals surface area (Å²) in [5.74, 6) is -1.51. The molecule has 394 valence electrons. The third-order valence-corrected chi connectivity index (χ3v) is 12.3. The van der Waals surface area contributed by atoms with Crippen molar-refractivity contribution >= 4 is 25.7 Å². The van der Waals surface area contributed by atoms with Crippen LogP contribution in [0, 0.1) is 0 Å². The van der Waals surface area contributed by atoms with Crippen molar-refractivity contribution in [3.05, 3.63) is 60.8 Å². The third-order valence-electron chi connectivity index (χ3n) is 11.4. The lowest BCUT2D eigenvalue weighted by Crippen LogP contribution is -2.30. The van der Waals surface area contributed by atoms with Gasteiger partial charge in [-0.25, -0.2) is 4.57 Å². The minimum atomic E-state index is -4.75. The van der Waals surface area contributed by atoms with E-state index in [-0.39, 0.29) is 25.9 Å². The summed E-state index contributed by atoms with van der Waals surface area (Å²) in [5, 5.41) is 9.78. The van der Waals surface area contributed by atoms with E-state index >= 15 is 0 Å². The van der Waals surface area contributed by atoms with Gasteiger partial charge >= 0.3 is 25.7 Å². The summed E-state index contributed by atoms with van der Waals surface area (Å²) >= 11 is 0. The average Bonchev–Trinajstić information content (AvgIpc) is 3.32. The van der Waals surface area contributed by atoms with Crippen molar-refractivity contribution in [3.63, 3.8) is 0 Å². The maximum absolute atomic E-state index is 12.9. The smallest absolute Gasteiger partial charge is 0.462 e. The summed E-state index contributed by atoms with van der Waals surface area (Å²) in [5.41, 5.74) is 0. The first-order valence-corrected chi connectivity index (χ1v) is 28.7. The number of carbonyl (C=O) groups excluding carboxylic acids is 3. The van der Waals surface area contributed by atoms with Gasteiger partial charge in [-0.3, -0.25) is 23.4 Å². The molecule has 0 bridgehead atoms. The largest absolute Gasteiger partial charge is 0.472 e. The number of esters is 3. The summed E-state index contributed by atoms with van der Waals surface area (Å²) < 4.78 is 39.4. The second-order valence-electron chi connectivity index (χ2n) is 18.0. The first-order chi connectivity index (χ1) is 33.2. The highest BCUT2D eigenvalue weighted by Crippen LogP contribution is 2.43. The van der Waals surface area contributed by atoms with Crippen molar-refractivity contribution in [1.82, 2.24) is 0 Å². The lowest BCUT2D eigenvalue weighted by atomic mass is 10.1. The number of ether oxygens (including phenoxy) is 3. The number of carbonyl (C=O) groups is 3. The molecule has 0 amide bonds. The van der Waals surface area contributed by atoms with Crippen molar-refractivity contribution in [2.75, 3.05) is 26.4 Å². The normalized spacial score (nSPS) is 13.9. The number of aliphatic hydroxyl groups is 1. The fourth-order valence-electron chi connectivity index (χ4n) is 7.24. The molecule has 0 heterocycles. The standard InChI is InChI=1S/C56H99O11P/c1-4-7-10-13-16-19-22-25-26-29-32-35-38-41-44-47-56(60)67-53(49-63-54(58)45-42-39-36-33-30-27-23-20-17-14-11-8-5-2)51-65-68(61,62)64-50-52(48-57)66-55(59)46-43-40-37-34-31-28-24-21-18-15-12-9-6-3/h9,12,18,20-21,23,25-26,28,31,52-53,57H,4-8,10-11,13-17,19,22,24,27,29-30,32-51H2,1-3H3,(H,61,62)/b12-9-,21-18-,23-20-,26-25-,31-28-. The van der Waals surface area contributed by atoms with E-state index in [1.165, 1.54) is 64.2 Å². The number of rotatable bonds is 50. The SMILES string of the molecule is CC/C=C\C/C=C\C/C=C\CCCCCC(=O)OC(CO)COP(=O)(O)OCC(COC(=O)CCCCCCC/C=C\CCCCCC)OC(=O)CCCCCCC/C=C\CCCCCCCC. The van der Waals surface area contributed by atoms with Gasteiger partial charge in [0.2, 0.25) is 0 Å². The molecule has 0 saturated heterocycles. The number of phosphoric acid groups is 1. The molecule has 0 aliphatic heterocycles. The van der Waals surface area contributed by atoms with E-state index in [1.54, 1.807) is 0 Å². The molecule has 0 aliphatic rings. The Bertz CT molecular complexity index is 1370. The number of hydrogen-bond acceptors (Lipinski definition) is 10. The van der Waals surface area contributed by atoms with Crippen LogP contribution in [0.15, 0.2) is 60.8 Å². The highest BCUT2D eigenvalue weighted by Gasteiger charge is 2.28. The van der Waals surface area contributed by atoms with Gasteiger partial charge in [-0.15, -0.1) is 0 Å². The Balaban J connectivity index is 4.78. The predicted octanol–water partition coefficient (Wildman–Crippen LogP) is 15.6.